The Morgan fingerprint density at radius 2 is 1.91 bits per heavy atom. The molecule has 23 heavy (non-hydrogen) atoms. The predicted molar refractivity (Wildman–Crippen MR) is 80.9 cm³/mol. The Morgan fingerprint density at radius 1 is 1.22 bits per heavy atom. The highest BCUT2D eigenvalue weighted by Crippen LogP contribution is 2.27. The van der Waals surface area contributed by atoms with E-state index in [-0.39, 0.29) is 12.5 Å². The highest BCUT2D eigenvalue weighted by molar-refractivity contribution is 5.93. The lowest BCUT2D eigenvalue weighted by Gasteiger charge is -2.22. The largest absolute Gasteiger partial charge is 0.435 e. The van der Waals surface area contributed by atoms with Gasteiger partial charge in [-0.1, -0.05) is 31.5 Å². The van der Waals surface area contributed by atoms with Crippen LogP contribution in [-0.4, -0.2) is 22.2 Å². The van der Waals surface area contributed by atoms with Crippen LogP contribution in [0.2, 0.25) is 0 Å². The van der Waals surface area contributed by atoms with Crippen LogP contribution in [0, 0.1) is 0 Å². The number of unbranched alkanes of at least 4 members (excludes halogenated alkanes) is 1. The second-order valence-electron chi connectivity index (χ2n) is 5.13. The molecule has 1 aromatic carbocycles. The molecule has 0 aliphatic carbocycles. The van der Waals surface area contributed by atoms with Gasteiger partial charge in [0.15, 0.2) is 5.69 Å². The lowest BCUT2D eigenvalue weighted by atomic mass is 10.2. The highest BCUT2D eigenvalue weighted by atomic mass is 19.4. The Hall–Kier alpha value is -2.31. The Balaban J connectivity index is 2.13. The number of hydrogen-bond acceptors (Lipinski definition) is 2. The third-order valence-corrected chi connectivity index (χ3v) is 3.33. The lowest BCUT2D eigenvalue weighted by molar-refractivity contribution is -0.141. The van der Waals surface area contributed by atoms with Crippen LogP contribution in [0.15, 0.2) is 42.6 Å². The molecule has 4 nitrogen and oxygen atoms in total. The van der Waals surface area contributed by atoms with E-state index in [0.717, 1.165) is 29.3 Å². The van der Waals surface area contributed by atoms with Crippen LogP contribution in [0.25, 0.3) is 0 Å². The number of hydrogen-bond donors (Lipinski definition) is 0. The molecule has 124 valence electrons. The summed E-state index contributed by atoms with van der Waals surface area (Å²) in [5, 5.41) is 3.42. The molecule has 2 rings (SSSR count). The molecule has 0 fully saturated rings. The van der Waals surface area contributed by atoms with Gasteiger partial charge in [-0.2, -0.15) is 18.3 Å². The average Bonchev–Trinajstić information content (AvgIpc) is 2.97. The predicted octanol–water partition coefficient (Wildman–Crippen LogP) is 3.74. The molecule has 0 spiro atoms. The molecular weight excluding hydrogens is 307 g/mol. The number of carbonyl (C=O) groups excluding carboxylic acids is 1. The molecule has 0 saturated heterocycles. The Kier molecular flexibility index (Phi) is 5.41. The van der Waals surface area contributed by atoms with E-state index in [0.29, 0.717) is 6.54 Å². The third-order valence-electron chi connectivity index (χ3n) is 3.33. The minimum Gasteiger partial charge on any atom is -0.311 e. The summed E-state index contributed by atoms with van der Waals surface area (Å²) in [6.07, 6.45) is -1.61. The van der Waals surface area contributed by atoms with Crippen LogP contribution >= 0.6 is 0 Å². The standard InChI is InChI=1S/C16H18F3N3O/c1-2-3-10-22(13-7-5-4-6-8-13)15(23)12-21-11-9-14(20-21)16(17,18)19/h4-9,11H,2-3,10,12H2,1H3. The van der Waals surface area contributed by atoms with Gasteiger partial charge in [0.2, 0.25) is 5.91 Å². The van der Waals surface area contributed by atoms with Crippen molar-refractivity contribution in [3.63, 3.8) is 0 Å². The molecule has 7 heteroatoms. The summed E-state index contributed by atoms with van der Waals surface area (Å²) < 4.78 is 38.7. The number of alkyl halides is 3. The zero-order chi connectivity index (χ0) is 16.9. The fourth-order valence-corrected chi connectivity index (χ4v) is 2.15. The van der Waals surface area contributed by atoms with Crippen molar-refractivity contribution in [3.05, 3.63) is 48.3 Å². The van der Waals surface area contributed by atoms with Gasteiger partial charge in [0.25, 0.3) is 0 Å². The van der Waals surface area contributed by atoms with E-state index in [2.05, 4.69) is 5.10 Å². The number of nitrogens with zero attached hydrogens (tertiary/aromatic N) is 3. The van der Waals surface area contributed by atoms with Crippen molar-refractivity contribution >= 4 is 11.6 Å². The number of para-hydroxylation sites is 1. The van der Waals surface area contributed by atoms with Gasteiger partial charge >= 0.3 is 6.18 Å². The number of anilines is 1. The summed E-state index contributed by atoms with van der Waals surface area (Å²) in [6.45, 7) is 2.30. The maximum absolute atomic E-state index is 12.6. The van der Waals surface area contributed by atoms with Gasteiger partial charge in [-0.15, -0.1) is 0 Å². The van der Waals surface area contributed by atoms with Gasteiger partial charge < -0.3 is 4.90 Å². The fraction of sp³-hybridized carbons (Fsp3) is 0.375. The van der Waals surface area contributed by atoms with E-state index in [1.54, 1.807) is 17.0 Å². The van der Waals surface area contributed by atoms with Crippen molar-refractivity contribution in [3.8, 4) is 0 Å². The molecule has 0 N–H and O–H groups in total. The van der Waals surface area contributed by atoms with E-state index in [1.165, 1.54) is 6.20 Å². The summed E-state index contributed by atoms with van der Waals surface area (Å²) in [6, 6.07) is 9.95. The van der Waals surface area contributed by atoms with E-state index in [9.17, 15) is 18.0 Å². The first-order chi connectivity index (χ1) is 10.9. The Labute approximate surface area is 132 Å². The van der Waals surface area contributed by atoms with E-state index < -0.39 is 11.9 Å². The normalized spacial score (nSPS) is 11.5. The molecule has 1 amide bonds. The van der Waals surface area contributed by atoms with Crippen LogP contribution in [0.4, 0.5) is 18.9 Å². The number of rotatable bonds is 6. The maximum Gasteiger partial charge on any atom is 0.435 e. The molecule has 1 heterocycles. The molecular formula is C16H18F3N3O. The number of halogens is 3. The van der Waals surface area contributed by atoms with Gasteiger partial charge in [-0.3, -0.25) is 9.48 Å². The topological polar surface area (TPSA) is 38.1 Å². The Morgan fingerprint density at radius 3 is 2.48 bits per heavy atom. The monoisotopic (exact) mass is 325 g/mol. The molecule has 0 bridgehead atoms. The quantitative estimate of drug-likeness (QED) is 0.811. The summed E-state index contributed by atoms with van der Waals surface area (Å²) >= 11 is 0. The van der Waals surface area contributed by atoms with Crippen LogP contribution in [0.1, 0.15) is 25.5 Å². The molecule has 0 atom stereocenters. The number of carbonyl (C=O) groups is 1. The van der Waals surface area contributed by atoms with Crippen molar-refractivity contribution < 1.29 is 18.0 Å². The fourth-order valence-electron chi connectivity index (χ4n) is 2.15. The molecule has 0 aliphatic rings. The summed E-state index contributed by atoms with van der Waals surface area (Å²) in [4.78, 5) is 14.0. The smallest absolute Gasteiger partial charge is 0.311 e. The van der Waals surface area contributed by atoms with Crippen LogP contribution in [0.3, 0.4) is 0 Å². The number of amides is 1. The van der Waals surface area contributed by atoms with E-state index >= 15 is 0 Å². The van der Waals surface area contributed by atoms with E-state index in [4.69, 9.17) is 0 Å². The number of aromatic nitrogens is 2. The average molecular weight is 325 g/mol. The first kappa shape index (κ1) is 17.1. The van der Waals surface area contributed by atoms with Gasteiger partial charge in [0.05, 0.1) is 0 Å². The van der Waals surface area contributed by atoms with Crippen molar-refractivity contribution in [2.45, 2.75) is 32.5 Å². The minimum absolute atomic E-state index is 0.227. The maximum atomic E-state index is 12.6. The van der Waals surface area contributed by atoms with Gasteiger partial charge in [-0.05, 0) is 24.6 Å². The first-order valence-electron chi connectivity index (χ1n) is 7.38. The lowest BCUT2D eigenvalue weighted by Crippen LogP contribution is -2.35. The van der Waals surface area contributed by atoms with Crippen molar-refractivity contribution in [1.29, 1.82) is 0 Å². The van der Waals surface area contributed by atoms with Crippen LogP contribution in [0.5, 0.6) is 0 Å². The summed E-state index contributed by atoms with van der Waals surface area (Å²) in [5.41, 5.74) is -0.265. The second-order valence-corrected chi connectivity index (χ2v) is 5.13. The molecule has 2 aromatic rings. The third kappa shape index (κ3) is 4.58. The molecule has 1 aromatic heterocycles. The summed E-state index contributed by atoms with van der Waals surface area (Å²) in [5.74, 6) is -0.290. The first-order valence-corrected chi connectivity index (χ1v) is 7.38. The summed E-state index contributed by atoms with van der Waals surface area (Å²) in [7, 11) is 0. The molecule has 0 saturated carbocycles. The van der Waals surface area contributed by atoms with Crippen LogP contribution < -0.4 is 4.90 Å². The van der Waals surface area contributed by atoms with Crippen LogP contribution in [-0.2, 0) is 17.5 Å². The number of benzene rings is 1. The van der Waals surface area contributed by atoms with E-state index in [1.807, 2.05) is 25.1 Å². The highest BCUT2D eigenvalue weighted by Gasteiger charge is 2.33. The second kappa shape index (κ2) is 7.30. The van der Waals surface area contributed by atoms with Gasteiger partial charge in [-0.25, -0.2) is 0 Å². The van der Waals surface area contributed by atoms with Crippen molar-refractivity contribution in [1.82, 2.24) is 9.78 Å². The van der Waals surface area contributed by atoms with Gasteiger partial charge in [0.1, 0.15) is 6.54 Å². The van der Waals surface area contributed by atoms with Gasteiger partial charge in [0, 0.05) is 18.4 Å². The van der Waals surface area contributed by atoms with Crippen molar-refractivity contribution in [2.75, 3.05) is 11.4 Å². The zero-order valence-corrected chi connectivity index (χ0v) is 12.8. The molecule has 0 unspecified atom stereocenters. The molecule has 0 radical (unpaired) electrons. The molecule has 0 aliphatic heterocycles. The SMILES string of the molecule is CCCCN(C(=O)Cn1ccc(C(F)(F)F)n1)c1ccccc1. The zero-order valence-electron chi connectivity index (χ0n) is 12.8. The minimum atomic E-state index is -4.50. The Bertz CT molecular complexity index is 638. The van der Waals surface area contributed by atoms with Crippen molar-refractivity contribution in [2.24, 2.45) is 0 Å².